The number of methoxy groups -OCH3 is 1. The highest BCUT2D eigenvalue weighted by molar-refractivity contribution is 5.70. The maximum Gasteiger partial charge on any atom is 0.126 e. The molecule has 22 heavy (non-hydrogen) atoms. The van der Waals surface area contributed by atoms with Crippen LogP contribution in [0.1, 0.15) is 31.9 Å². The molecule has 0 amide bonds. The number of para-hydroxylation sites is 1. The third-order valence-corrected chi connectivity index (χ3v) is 4.04. The van der Waals surface area contributed by atoms with E-state index in [2.05, 4.69) is 49.5 Å². The van der Waals surface area contributed by atoms with Gasteiger partial charge < -0.3 is 15.8 Å². The lowest BCUT2D eigenvalue weighted by atomic mass is 10.0. The Morgan fingerprint density at radius 2 is 1.77 bits per heavy atom. The number of ether oxygens (including phenoxy) is 1. The molecule has 2 aromatic rings. The summed E-state index contributed by atoms with van der Waals surface area (Å²) < 4.78 is 5.43. The van der Waals surface area contributed by atoms with Gasteiger partial charge in [0, 0.05) is 24.2 Å². The van der Waals surface area contributed by atoms with E-state index in [1.165, 1.54) is 11.1 Å². The van der Waals surface area contributed by atoms with Crippen molar-refractivity contribution in [2.45, 2.75) is 32.4 Å². The normalized spacial score (nSPS) is 13.6. The number of hydrogen-bond donors (Lipinski definition) is 2. The van der Waals surface area contributed by atoms with Crippen LogP contribution in [0.25, 0.3) is 11.1 Å². The van der Waals surface area contributed by atoms with Crippen LogP contribution < -0.4 is 15.8 Å². The molecule has 1 unspecified atom stereocenters. The molecule has 0 heterocycles. The molecule has 0 aromatic heterocycles. The average Bonchev–Trinajstić information content (AvgIpc) is 2.59. The van der Waals surface area contributed by atoms with Gasteiger partial charge in [-0.1, -0.05) is 49.4 Å². The Morgan fingerprint density at radius 3 is 2.41 bits per heavy atom. The second kappa shape index (κ2) is 7.97. The number of hydrogen-bond acceptors (Lipinski definition) is 3. The van der Waals surface area contributed by atoms with Crippen molar-refractivity contribution in [2.75, 3.05) is 13.7 Å². The second-order valence-electron chi connectivity index (χ2n) is 5.62. The first kappa shape index (κ1) is 16.5. The Morgan fingerprint density at radius 1 is 1.09 bits per heavy atom. The highest BCUT2D eigenvalue weighted by Gasteiger charge is 2.09. The van der Waals surface area contributed by atoms with E-state index in [0.29, 0.717) is 6.04 Å². The summed E-state index contributed by atoms with van der Waals surface area (Å²) in [4.78, 5) is 0. The molecule has 0 spiro atoms. The van der Waals surface area contributed by atoms with Crippen LogP contribution in [0.4, 0.5) is 0 Å². The van der Waals surface area contributed by atoms with Gasteiger partial charge in [-0.15, -0.1) is 0 Å². The van der Waals surface area contributed by atoms with Crippen LogP contribution in [-0.2, 0) is 0 Å². The Hall–Kier alpha value is -1.84. The van der Waals surface area contributed by atoms with Crippen molar-refractivity contribution in [2.24, 2.45) is 5.73 Å². The molecule has 0 radical (unpaired) electrons. The van der Waals surface area contributed by atoms with E-state index >= 15 is 0 Å². The predicted octanol–water partition coefficient (Wildman–Crippen LogP) is 3.75. The molecule has 2 atom stereocenters. The molecule has 0 saturated carbocycles. The number of nitrogens with one attached hydrogen (secondary N) is 1. The van der Waals surface area contributed by atoms with E-state index < -0.39 is 0 Å². The van der Waals surface area contributed by atoms with Gasteiger partial charge in [0.1, 0.15) is 5.75 Å². The Balaban J connectivity index is 2.10. The van der Waals surface area contributed by atoms with Crippen LogP contribution in [-0.4, -0.2) is 19.7 Å². The van der Waals surface area contributed by atoms with E-state index in [1.54, 1.807) is 7.11 Å². The molecule has 3 heteroatoms. The molecule has 0 saturated heterocycles. The zero-order valence-electron chi connectivity index (χ0n) is 13.7. The molecule has 3 N–H and O–H groups in total. The van der Waals surface area contributed by atoms with Gasteiger partial charge in [0.2, 0.25) is 0 Å². The number of nitrogens with two attached hydrogens (primary N) is 1. The van der Waals surface area contributed by atoms with Crippen molar-refractivity contribution in [3.63, 3.8) is 0 Å². The minimum atomic E-state index is 0.218. The van der Waals surface area contributed by atoms with E-state index in [4.69, 9.17) is 10.5 Å². The molecule has 0 aliphatic carbocycles. The van der Waals surface area contributed by atoms with Crippen LogP contribution in [0.3, 0.4) is 0 Å². The molecule has 3 nitrogen and oxygen atoms in total. The van der Waals surface area contributed by atoms with E-state index in [1.807, 2.05) is 18.2 Å². The van der Waals surface area contributed by atoms with Crippen LogP contribution in [0.15, 0.2) is 48.5 Å². The van der Waals surface area contributed by atoms with E-state index in [-0.39, 0.29) is 6.04 Å². The van der Waals surface area contributed by atoms with Gasteiger partial charge in [0.15, 0.2) is 0 Å². The quantitative estimate of drug-likeness (QED) is 0.818. The minimum Gasteiger partial charge on any atom is -0.496 e. The summed E-state index contributed by atoms with van der Waals surface area (Å²) >= 11 is 0. The maximum absolute atomic E-state index is 5.96. The molecule has 0 bridgehead atoms. The SMILES string of the molecule is CC[C@@H](N)CNC(C)c1ccc(-c2ccccc2OC)cc1. The first-order valence-corrected chi connectivity index (χ1v) is 7.88. The minimum absolute atomic E-state index is 0.218. The van der Waals surface area contributed by atoms with Crippen molar-refractivity contribution in [1.82, 2.24) is 5.32 Å². The highest BCUT2D eigenvalue weighted by atomic mass is 16.5. The first-order valence-electron chi connectivity index (χ1n) is 7.88. The van der Waals surface area contributed by atoms with Gasteiger partial charge in [-0.3, -0.25) is 0 Å². The topological polar surface area (TPSA) is 47.3 Å². The van der Waals surface area contributed by atoms with Gasteiger partial charge in [-0.05, 0) is 30.5 Å². The summed E-state index contributed by atoms with van der Waals surface area (Å²) in [5.74, 6) is 0.898. The maximum atomic E-state index is 5.96. The Bertz CT molecular complexity index is 580. The Kier molecular flexibility index (Phi) is 5.99. The van der Waals surface area contributed by atoms with Crippen molar-refractivity contribution in [3.8, 4) is 16.9 Å². The number of rotatable bonds is 7. The molecule has 0 aliphatic rings. The van der Waals surface area contributed by atoms with Gasteiger partial charge >= 0.3 is 0 Å². The fourth-order valence-corrected chi connectivity index (χ4v) is 2.42. The van der Waals surface area contributed by atoms with Crippen LogP contribution in [0.5, 0.6) is 5.75 Å². The standard InChI is InChI=1S/C19H26N2O/c1-4-17(20)13-21-14(2)15-9-11-16(12-10-15)18-7-5-6-8-19(18)22-3/h5-12,14,17,21H,4,13,20H2,1-3H3/t14?,17-/m1/s1. The Labute approximate surface area is 133 Å². The molecular formula is C19H26N2O. The summed E-state index contributed by atoms with van der Waals surface area (Å²) in [5.41, 5.74) is 9.50. The van der Waals surface area contributed by atoms with Crippen molar-refractivity contribution < 1.29 is 4.74 Å². The number of benzene rings is 2. The fraction of sp³-hybridized carbons (Fsp3) is 0.368. The summed E-state index contributed by atoms with van der Waals surface area (Å²) in [6.07, 6.45) is 0.993. The lowest BCUT2D eigenvalue weighted by Crippen LogP contribution is -2.34. The smallest absolute Gasteiger partial charge is 0.126 e. The second-order valence-corrected chi connectivity index (χ2v) is 5.62. The molecule has 2 rings (SSSR count). The van der Waals surface area contributed by atoms with Crippen molar-refractivity contribution >= 4 is 0 Å². The third-order valence-electron chi connectivity index (χ3n) is 4.04. The molecular weight excluding hydrogens is 272 g/mol. The summed E-state index contributed by atoms with van der Waals surface area (Å²) in [7, 11) is 1.70. The third kappa shape index (κ3) is 4.09. The summed E-state index contributed by atoms with van der Waals surface area (Å²) in [6.45, 7) is 5.12. The van der Waals surface area contributed by atoms with Gasteiger partial charge in [0.25, 0.3) is 0 Å². The van der Waals surface area contributed by atoms with Gasteiger partial charge in [-0.25, -0.2) is 0 Å². The van der Waals surface area contributed by atoms with Crippen LogP contribution in [0, 0.1) is 0 Å². The summed E-state index contributed by atoms with van der Waals surface area (Å²) in [5, 5.41) is 3.48. The lowest BCUT2D eigenvalue weighted by Gasteiger charge is -2.17. The molecule has 118 valence electrons. The fourth-order valence-electron chi connectivity index (χ4n) is 2.42. The highest BCUT2D eigenvalue weighted by Crippen LogP contribution is 2.30. The van der Waals surface area contributed by atoms with Gasteiger partial charge in [0.05, 0.1) is 7.11 Å². The van der Waals surface area contributed by atoms with Crippen LogP contribution >= 0.6 is 0 Å². The van der Waals surface area contributed by atoms with Crippen molar-refractivity contribution in [3.05, 3.63) is 54.1 Å². The summed E-state index contributed by atoms with van der Waals surface area (Å²) in [6, 6.07) is 17.2. The zero-order valence-corrected chi connectivity index (χ0v) is 13.7. The lowest BCUT2D eigenvalue weighted by molar-refractivity contribution is 0.416. The van der Waals surface area contributed by atoms with E-state index in [0.717, 1.165) is 24.3 Å². The largest absolute Gasteiger partial charge is 0.496 e. The van der Waals surface area contributed by atoms with Crippen LogP contribution in [0.2, 0.25) is 0 Å². The zero-order chi connectivity index (χ0) is 15.9. The first-order chi connectivity index (χ1) is 10.7. The average molecular weight is 298 g/mol. The van der Waals surface area contributed by atoms with E-state index in [9.17, 15) is 0 Å². The van der Waals surface area contributed by atoms with Gasteiger partial charge in [-0.2, -0.15) is 0 Å². The molecule has 0 fully saturated rings. The molecule has 0 aliphatic heterocycles. The monoisotopic (exact) mass is 298 g/mol. The van der Waals surface area contributed by atoms with Crippen molar-refractivity contribution in [1.29, 1.82) is 0 Å². The molecule has 2 aromatic carbocycles. The predicted molar refractivity (Wildman–Crippen MR) is 93.1 cm³/mol.